The molecule has 4 aliphatic rings. The number of rotatable bonds is 1. The van der Waals surface area contributed by atoms with Gasteiger partial charge in [0.05, 0.1) is 12.2 Å². The molecule has 0 aromatic rings. The van der Waals surface area contributed by atoms with E-state index in [1.54, 1.807) is 5.57 Å². The van der Waals surface area contributed by atoms with Crippen molar-refractivity contribution < 1.29 is 9.84 Å². The Bertz CT molecular complexity index is 484. The summed E-state index contributed by atoms with van der Waals surface area (Å²) in [6, 6.07) is 0. The van der Waals surface area contributed by atoms with Gasteiger partial charge in [-0.2, -0.15) is 0 Å². The van der Waals surface area contributed by atoms with E-state index in [-0.39, 0.29) is 11.5 Å². The summed E-state index contributed by atoms with van der Waals surface area (Å²) in [7, 11) is 1.85. The van der Waals surface area contributed by atoms with E-state index < -0.39 is 0 Å². The third kappa shape index (κ3) is 1.92. The molecular formula is C20H32O2. The highest BCUT2D eigenvalue weighted by atomic mass is 16.5. The van der Waals surface area contributed by atoms with Crippen molar-refractivity contribution in [2.75, 3.05) is 7.11 Å². The minimum Gasteiger partial charge on any atom is -0.393 e. The molecular weight excluding hydrogens is 272 g/mol. The minimum absolute atomic E-state index is 0.0487. The van der Waals surface area contributed by atoms with Gasteiger partial charge in [-0.1, -0.05) is 25.5 Å². The first-order valence-electron chi connectivity index (χ1n) is 9.41. The number of methoxy groups -OCH3 is 1. The maximum atomic E-state index is 10.5. The first-order valence-corrected chi connectivity index (χ1v) is 9.41. The Labute approximate surface area is 135 Å². The fourth-order valence-corrected chi connectivity index (χ4v) is 6.85. The molecule has 0 aromatic carbocycles. The lowest BCUT2D eigenvalue weighted by molar-refractivity contribution is -0.0769. The topological polar surface area (TPSA) is 29.5 Å². The summed E-state index contributed by atoms with van der Waals surface area (Å²) >= 11 is 0. The summed E-state index contributed by atoms with van der Waals surface area (Å²) in [4.78, 5) is 0. The molecule has 2 nitrogen and oxygen atoms in total. The molecule has 7 atom stereocenters. The highest BCUT2D eigenvalue weighted by Crippen LogP contribution is 2.65. The molecule has 0 aliphatic heterocycles. The number of fused-ring (bicyclic) bond motifs is 5. The zero-order valence-electron chi connectivity index (χ0n) is 14.5. The number of ether oxygens (including phenoxy) is 1. The van der Waals surface area contributed by atoms with E-state index in [0.29, 0.717) is 11.5 Å². The van der Waals surface area contributed by atoms with Gasteiger partial charge >= 0.3 is 0 Å². The largest absolute Gasteiger partial charge is 0.393 e. The van der Waals surface area contributed by atoms with Gasteiger partial charge in [-0.3, -0.25) is 0 Å². The van der Waals surface area contributed by atoms with Crippen molar-refractivity contribution in [3.63, 3.8) is 0 Å². The molecule has 0 heterocycles. The maximum absolute atomic E-state index is 10.5. The SMILES string of the molecule is CO[C@H]1C=C2CCC3C(CCC4(C)C(O)CCC34)C2(C)CC1. The Hall–Kier alpha value is -0.340. The van der Waals surface area contributed by atoms with Gasteiger partial charge in [0.25, 0.3) is 0 Å². The van der Waals surface area contributed by atoms with Gasteiger partial charge in [0, 0.05) is 7.11 Å². The first-order chi connectivity index (χ1) is 10.5. The Balaban J connectivity index is 1.65. The smallest absolute Gasteiger partial charge is 0.0755 e. The lowest BCUT2D eigenvalue weighted by Gasteiger charge is -2.58. The highest BCUT2D eigenvalue weighted by molar-refractivity contribution is 5.25. The van der Waals surface area contributed by atoms with Crippen molar-refractivity contribution in [1.29, 1.82) is 0 Å². The Kier molecular flexibility index (Phi) is 3.51. The number of hydrogen-bond acceptors (Lipinski definition) is 2. The number of allylic oxidation sites excluding steroid dienone is 1. The van der Waals surface area contributed by atoms with Crippen LogP contribution in [-0.4, -0.2) is 24.4 Å². The molecule has 4 aliphatic carbocycles. The molecule has 3 saturated carbocycles. The number of hydrogen-bond donors (Lipinski definition) is 1. The summed E-state index contributed by atoms with van der Waals surface area (Å²) in [5.74, 6) is 2.45. The van der Waals surface area contributed by atoms with Gasteiger partial charge in [-0.15, -0.1) is 0 Å². The van der Waals surface area contributed by atoms with Gasteiger partial charge in [-0.05, 0) is 80.0 Å². The van der Waals surface area contributed by atoms with Crippen LogP contribution in [0.3, 0.4) is 0 Å². The van der Waals surface area contributed by atoms with Gasteiger partial charge in [0.2, 0.25) is 0 Å². The molecule has 3 fully saturated rings. The van der Waals surface area contributed by atoms with Crippen LogP contribution in [0, 0.1) is 28.6 Å². The average Bonchev–Trinajstić information content (AvgIpc) is 2.82. The molecule has 0 saturated heterocycles. The molecule has 0 bridgehead atoms. The molecule has 2 heteroatoms. The van der Waals surface area contributed by atoms with Crippen LogP contribution in [0.2, 0.25) is 0 Å². The van der Waals surface area contributed by atoms with Gasteiger partial charge in [0.1, 0.15) is 0 Å². The van der Waals surface area contributed by atoms with Crippen molar-refractivity contribution in [2.24, 2.45) is 28.6 Å². The minimum atomic E-state index is -0.0487. The predicted octanol–water partition coefficient (Wildman–Crippen LogP) is 4.33. The van der Waals surface area contributed by atoms with E-state index in [1.165, 1.54) is 44.9 Å². The van der Waals surface area contributed by atoms with Gasteiger partial charge in [0.15, 0.2) is 0 Å². The molecule has 0 amide bonds. The summed E-state index contributed by atoms with van der Waals surface area (Å²) in [6.07, 6.45) is 12.7. The summed E-state index contributed by atoms with van der Waals surface area (Å²) < 4.78 is 5.61. The average molecular weight is 304 g/mol. The molecule has 1 N–H and O–H groups in total. The van der Waals surface area contributed by atoms with Crippen LogP contribution >= 0.6 is 0 Å². The number of aliphatic hydroxyl groups excluding tert-OH is 1. The molecule has 22 heavy (non-hydrogen) atoms. The Morgan fingerprint density at radius 1 is 1.05 bits per heavy atom. The van der Waals surface area contributed by atoms with E-state index in [4.69, 9.17) is 4.74 Å². The van der Waals surface area contributed by atoms with Gasteiger partial charge < -0.3 is 9.84 Å². The normalized spacial score (nSPS) is 54.2. The van der Waals surface area contributed by atoms with Crippen LogP contribution in [0.15, 0.2) is 11.6 Å². The van der Waals surface area contributed by atoms with Crippen LogP contribution in [-0.2, 0) is 4.74 Å². The van der Waals surface area contributed by atoms with E-state index in [9.17, 15) is 5.11 Å². The molecule has 0 spiro atoms. The van der Waals surface area contributed by atoms with Crippen LogP contribution < -0.4 is 0 Å². The molecule has 0 aromatic heterocycles. The predicted molar refractivity (Wildman–Crippen MR) is 88.5 cm³/mol. The summed E-state index contributed by atoms with van der Waals surface area (Å²) in [5.41, 5.74) is 2.31. The third-order valence-corrected chi connectivity index (χ3v) is 8.32. The number of aliphatic hydroxyl groups is 1. The van der Waals surface area contributed by atoms with Crippen molar-refractivity contribution >= 4 is 0 Å². The lowest BCUT2D eigenvalue weighted by Crippen LogP contribution is -2.51. The highest BCUT2D eigenvalue weighted by Gasteiger charge is 2.58. The Morgan fingerprint density at radius 3 is 2.64 bits per heavy atom. The first kappa shape index (κ1) is 15.2. The van der Waals surface area contributed by atoms with Crippen molar-refractivity contribution in [2.45, 2.75) is 77.4 Å². The second kappa shape index (κ2) is 5.08. The monoisotopic (exact) mass is 304 g/mol. The van der Waals surface area contributed by atoms with Crippen LogP contribution in [0.4, 0.5) is 0 Å². The molecule has 0 radical (unpaired) electrons. The third-order valence-electron chi connectivity index (χ3n) is 8.32. The maximum Gasteiger partial charge on any atom is 0.0755 e. The van der Waals surface area contributed by atoms with Crippen LogP contribution in [0.5, 0.6) is 0 Å². The van der Waals surface area contributed by atoms with E-state index in [0.717, 1.165) is 24.2 Å². The van der Waals surface area contributed by atoms with Crippen LogP contribution in [0.25, 0.3) is 0 Å². The fourth-order valence-electron chi connectivity index (χ4n) is 6.85. The lowest BCUT2D eigenvalue weighted by atomic mass is 9.47. The quantitative estimate of drug-likeness (QED) is 0.731. The summed E-state index contributed by atoms with van der Waals surface area (Å²) in [6.45, 7) is 4.91. The molecule has 4 rings (SSSR count). The van der Waals surface area contributed by atoms with Crippen molar-refractivity contribution in [3.8, 4) is 0 Å². The van der Waals surface area contributed by atoms with E-state index >= 15 is 0 Å². The zero-order valence-corrected chi connectivity index (χ0v) is 14.5. The van der Waals surface area contributed by atoms with Crippen molar-refractivity contribution in [1.82, 2.24) is 0 Å². The van der Waals surface area contributed by atoms with E-state index in [1.807, 2.05) is 7.11 Å². The summed E-state index contributed by atoms with van der Waals surface area (Å²) in [5, 5.41) is 10.5. The van der Waals surface area contributed by atoms with Crippen LogP contribution in [0.1, 0.15) is 65.2 Å². The zero-order chi connectivity index (χ0) is 15.5. The standard InChI is InChI=1S/C20H32O2/c1-19-10-8-14(22-3)12-13(19)4-5-15-16-6-7-18(21)20(16,2)11-9-17(15)19/h12,14-18,21H,4-11H2,1-3H3/t14-,15?,16?,17?,18?,19?,20?/m1/s1. The Morgan fingerprint density at radius 2 is 1.86 bits per heavy atom. The molecule has 124 valence electrons. The van der Waals surface area contributed by atoms with E-state index in [2.05, 4.69) is 19.9 Å². The second-order valence-corrected chi connectivity index (χ2v) is 8.98. The van der Waals surface area contributed by atoms with Crippen molar-refractivity contribution in [3.05, 3.63) is 11.6 Å². The second-order valence-electron chi connectivity index (χ2n) is 8.98. The fraction of sp³-hybridized carbons (Fsp3) is 0.900. The molecule has 6 unspecified atom stereocenters. The van der Waals surface area contributed by atoms with Gasteiger partial charge in [-0.25, -0.2) is 0 Å².